The summed E-state index contributed by atoms with van der Waals surface area (Å²) in [5.41, 5.74) is 5.44. The second-order valence-corrected chi connectivity index (χ2v) is 4.20. The van der Waals surface area contributed by atoms with Crippen molar-refractivity contribution < 1.29 is 0 Å². The van der Waals surface area contributed by atoms with E-state index in [1.54, 1.807) is 0 Å². The van der Waals surface area contributed by atoms with Crippen LogP contribution in [0.25, 0.3) is 0 Å². The van der Waals surface area contributed by atoms with Gasteiger partial charge in [0.2, 0.25) is 0 Å². The number of thiol groups is 1. The molecule has 0 fully saturated rings. The van der Waals surface area contributed by atoms with Crippen molar-refractivity contribution in [1.29, 1.82) is 0 Å². The molecule has 0 spiro atoms. The Bertz CT molecular complexity index is 293. The van der Waals surface area contributed by atoms with Gasteiger partial charge in [0, 0.05) is 11.8 Å². The van der Waals surface area contributed by atoms with Crippen molar-refractivity contribution in [3.63, 3.8) is 0 Å². The highest BCUT2D eigenvalue weighted by Crippen LogP contribution is 2.23. The van der Waals surface area contributed by atoms with Gasteiger partial charge in [0.15, 0.2) is 0 Å². The van der Waals surface area contributed by atoms with Crippen molar-refractivity contribution in [3.8, 4) is 0 Å². The molecular formula is C12H19NS. The Kier molecular flexibility index (Phi) is 4.02. The molecule has 0 aliphatic carbocycles. The Morgan fingerprint density at radius 3 is 2.07 bits per heavy atom. The van der Waals surface area contributed by atoms with Crippen LogP contribution in [0.15, 0.2) is 12.1 Å². The van der Waals surface area contributed by atoms with E-state index in [1.807, 2.05) is 7.05 Å². The maximum absolute atomic E-state index is 4.36. The molecule has 1 aromatic carbocycles. The molecule has 1 rings (SSSR count). The minimum atomic E-state index is 0.360. The van der Waals surface area contributed by atoms with Gasteiger partial charge in [-0.2, -0.15) is 12.6 Å². The Labute approximate surface area is 92.3 Å². The van der Waals surface area contributed by atoms with Gasteiger partial charge in [-0.3, -0.25) is 0 Å². The van der Waals surface area contributed by atoms with Crippen LogP contribution < -0.4 is 5.32 Å². The molecule has 1 atom stereocenters. The van der Waals surface area contributed by atoms with Crippen molar-refractivity contribution >= 4 is 12.6 Å². The smallest absolute Gasteiger partial charge is 0.0412 e. The molecule has 1 N–H and O–H groups in total. The maximum Gasteiger partial charge on any atom is 0.0412 e. The lowest BCUT2D eigenvalue weighted by atomic mass is 9.95. The number of benzene rings is 1. The van der Waals surface area contributed by atoms with Gasteiger partial charge in [0.05, 0.1) is 0 Å². The van der Waals surface area contributed by atoms with Crippen LogP contribution in [0.4, 0.5) is 0 Å². The SMILES string of the molecule is CNC(CS)c1c(C)cc(C)cc1C. The predicted molar refractivity (Wildman–Crippen MR) is 66.3 cm³/mol. The van der Waals surface area contributed by atoms with Gasteiger partial charge in [-0.05, 0) is 44.5 Å². The van der Waals surface area contributed by atoms with Crippen molar-refractivity contribution in [2.45, 2.75) is 26.8 Å². The molecule has 0 aromatic heterocycles. The van der Waals surface area contributed by atoms with E-state index >= 15 is 0 Å². The summed E-state index contributed by atoms with van der Waals surface area (Å²) in [6, 6.07) is 4.82. The van der Waals surface area contributed by atoms with Gasteiger partial charge in [0.1, 0.15) is 0 Å². The molecular weight excluding hydrogens is 190 g/mol. The van der Waals surface area contributed by atoms with E-state index in [1.165, 1.54) is 22.3 Å². The zero-order chi connectivity index (χ0) is 10.7. The van der Waals surface area contributed by atoms with Gasteiger partial charge >= 0.3 is 0 Å². The van der Waals surface area contributed by atoms with E-state index in [9.17, 15) is 0 Å². The lowest BCUT2D eigenvalue weighted by Gasteiger charge is -2.19. The quantitative estimate of drug-likeness (QED) is 0.730. The van der Waals surface area contributed by atoms with E-state index in [2.05, 4.69) is 50.8 Å². The van der Waals surface area contributed by atoms with Crippen LogP contribution in [-0.4, -0.2) is 12.8 Å². The van der Waals surface area contributed by atoms with Crippen molar-refractivity contribution in [3.05, 3.63) is 34.4 Å². The topological polar surface area (TPSA) is 12.0 Å². The van der Waals surface area contributed by atoms with Gasteiger partial charge in [-0.25, -0.2) is 0 Å². The second-order valence-electron chi connectivity index (χ2n) is 3.84. The first-order valence-corrected chi connectivity index (χ1v) is 5.59. The summed E-state index contributed by atoms with van der Waals surface area (Å²) in [6.45, 7) is 6.48. The van der Waals surface area contributed by atoms with E-state index < -0.39 is 0 Å². The predicted octanol–water partition coefficient (Wildman–Crippen LogP) is 2.80. The Hall–Kier alpha value is -0.470. The van der Waals surface area contributed by atoms with Crippen LogP contribution in [0, 0.1) is 20.8 Å². The first kappa shape index (κ1) is 11.6. The molecule has 0 aliphatic heterocycles. The third-order valence-electron chi connectivity index (χ3n) is 2.62. The fourth-order valence-electron chi connectivity index (χ4n) is 2.07. The molecule has 14 heavy (non-hydrogen) atoms. The first-order chi connectivity index (χ1) is 6.60. The lowest BCUT2D eigenvalue weighted by Crippen LogP contribution is -2.20. The molecule has 1 unspecified atom stereocenters. The third-order valence-corrected chi connectivity index (χ3v) is 2.98. The molecule has 2 heteroatoms. The van der Waals surface area contributed by atoms with Crippen LogP contribution in [0.3, 0.4) is 0 Å². The Morgan fingerprint density at radius 1 is 1.21 bits per heavy atom. The second kappa shape index (κ2) is 4.85. The lowest BCUT2D eigenvalue weighted by molar-refractivity contribution is 0.655. The molecule has 0 bridgehead atoms. The number of nitrogens with one attached hydrogen (secondary N) is 1. The molecule has 0 radical (unpaired) electrons. The molecule has 0 amide bonds. The third kappa shape index (κ3) is 2.31. The molecule has 1 nitrogen and oxygen atoms in total. The summed E-state index contributed by atoms with van der Waals surface area (Å²) in [5, 5.41) is 3.29. The van der Waals surface area contributed by atoms with Gasteiger partial charge in [-0.1, -0.05) is 17.7 Å². The minimum absolute atomic E-state index is 0.360. The highest BCUT2D eigenvalue weighted by molar-refractivity contribution is 7.80. The summed E-state index contributed by atoms with van der Waals surface area (Å²) in [7, 11) is 1.99. The van der Waals surface area contributed by atoms with Gasteiger partial charge < -0.3 is 5.32 Å². The van der Waals surface area contributed by atoms with E-state index in [4.69, 9.17) is 0 Å². The Morgan fingerprint density at radius 2 is 1.71 bits per heavy atom. The monoisotopic (exact) mass is 209 g/mol. The highest BCUT2D eigenvalue weighted by Gasteiger charge is 2.12. The zero-order valence-corrected chi connectivity index (χ0v) is 10.3. The average molecular weight is 209 g/mol. The summed E-state index contributed by atoms with van der Waals surface area (Å²) < 4.78 is 0. The van der Waals surface area contributed by atoms with Crippen LogP contribution in [0.2, 0.25) is 0 Å². The number of rotatable bonds is 3. The van der Waals surface area contributed by atoms with Crippen LogP contribution in [0.5, 0.6) is 0 Å². The summed E-state index contributed by atoms with van der Waals surface area (Å²) >= 11 is 4.36. The minimum Gasteiger partial charge on any atom is -0.312 e. The maximum atomic E-state index is 4.36. The largest absolute Gasteiger partial charge is 0.312 e. The van der Waals surface area contributed by atoms with Gasteiger partial charge in [-0.15, -0.1) is 0 Å². The Balaban J connectivity index is 3.19. The van der Waals surface area contributed by atoms with E-state index in [0.29, 0.717) is 6.04 Å². The van der Waals surface area contributed by atoms with Crippen molar-refractivity contribution in [1.82, 2.24) is 5.32 Å². The average Bonchev–Trinajstić information content (AvgIpc) is 2.10. The fraction of sp³-hybridized carbons (Fsp3) is 0.500. The molecule has 0 heterocycles. The molecule has 0 saturated heterocycles. The number of aryl methyl sites for hydroxylation is 3. The molecule has 1 aromatic rings. The molecule has 78 valence electrons. The van der Waals surface area contributed by atoms with Crippen LogP contribution in [0.1, 0.15) is 28.3 Å². The first-order valence-electron chi connectivity index (χ1n) is 4.96. The van der Waals surface area contributed by atoms with Crippen LogP contribution >= 0.6 is 12.6 Å². The summed E-state index contributed by atoms with van der Waals surface area (Å²) in [6.07, 6.45) is 0. The van der Waals surface area contributed by atoms with Crippen molar-refractivity contribution in [2.24, 2.45) is 0 Å². The number of hydrogen-bond donors (Lipinski definition) is 2. The molecule has 0 aliphatic rings. The normalized spacial score (nSPS) is 12.9. The zero-order valence-electron chi connectivity index (χ0n) is 9.39. The van der Waals surface area contributed by atoms with Gasteiger partial charge in [0.25, 0.3) is 0 Å². The fourth-order valence-corrected chi connectivity index (χ4v) is 2.43. The number of hydrogen-bond acceptors (Lipinski definition) is 2. The van der Waals surface area contributed by atoms with E-state index in [0.717, 1.165) is 5.75 Å². The van der Waals surface area contributed by atoms with E-state index in [-0.39, 0.29) is 0 Å². The standard InChI is InChI=1S/C12H19NS/c1-8-5-9(2)12(10(3)6-8)11(7-14)13-4/h5-6,11,13-14H,7H2,1-4H3. The summed E-state index contributed by atoms with van der Waals surface area (Å²) in [4.78, 5) is 0. The van der Waals surface area contributed by atoms with Crippen LogP contribution in [-0.2, 0) is 0 Å². The summed E-state index contributed by atoms with van der Waals surface area (Å²) in [5.74, 6) is 0.835. The molecule has 0 saturated carbocycles. The van der Waals surface area contributed by atoms with Crippen molar-refractivity contribution in [2.75, 3.05) is 12.8 Å². The highest BCUT2D eigenvalue weighted by atomic mass is 32.1.